The van der Waals surface area contributed by atoms with Gasteiger partial charge in [-0.05, 0) is 84.9 Å². The first-order valence-corrected chi connectivity index (χ1v) is 14.7. The molecule has 0 radical (unpaired) electrons. The molecule has 0 aromatic heterocycles. The molecule has 2 N–H and O–H groups in total. The average Bonchev–Trinajstić information content (AvgIpc) is 2.83. The van der Waals surface area contributed by atoms with Crippen LogP contribution in [-0.2, 0) is 9.59 Å². The van der Waals surface area contributed by atoms with Crippen LogP contribution in [0.5, 0.6) is 0 Å². The summed E-state index contributed by atoms with van der Waals surface area (Å²) in [6.45, 7) is 17.4. The van der Waals surface area contributed by atoms with Gasteiger partial charge in [0.15, 0.2) is 11.6 Å². The molecule has 0 amide bonds. The highest BCUT2D eigenvalue weighted by Crippen LogP contribution is 2.72. The van der Waals surface area contributed by atoms with Gasteiger partial charge in [-0.1, -0.05) is 73.5 Å². The molecule has 0 spiro atoms. The molecule has 0 aromatic rings. The number of carbonyl (C=O) groups is 2. The Labute approximate surface area is 230 Å². The van der Waals surface area contributed by atoms with Gasteiger partial charge in [-0.25, -0.2) is 0 Å². The van der Waals surface area contributed by atoms with Crippen LogP contribution in [0.2, 0.25) is 6.32 Å². The van der Waals surface area contributed by atoms with Crippen molar-refractivity contribution in [2.24, 2.45) is 44.3 Å². The van der Waals surface area contributed by atoms with Gasteiger partial charge in [-0.3, -0.25) is 9.59 Å². The van der Waals surface area contributed by atoms with Gasteiger partial charge < -0.3 is 10.0 Å². The molecular formula is C32H48BNO4. The molecule has 0 aromatic carbocycles. The van der Waals surface area contributed by atoms with Crippen LogP contribution in [0.1, 0.15) is 107 Å². The first-order chi connectivity index (χ1) is 17.4. The zero-order chi connectivity index (χ0) is 28.5. The Morgan fingerprint density at radius 2 is 1.76 bits per heavy atom. The first kappa shape index (κ1) is 29.3. The van der Waals surface area contributed by atoms with Crippen molar-refractivity contribution >= 4 is 18.7 Å². The third-order valence-corrected chi connectivity index (χ3v) is 12.5. The Hall–Kier alpha value is -1.71. The predicted molar refractivity (Wildman–Crippen MR) is 151 cm³/mol. The Morgan fingerprint density at radius 3 is 2.34 bits per heavy atom. The molecule has 4 aliphatic carbocycles. The molecule has 4 rings (SSSR count). The summed E-state index contributed by atoms with van der Waals surface area (Å²) in [5.74, 6) is -0.0886. The van der Waals surface area contributed by atoms with Crippen LogP contribution in [0.25, 0.3) is 0 Å². The van der Waals surface area contributed by atoms with E-state index in [0.29, 0.717) is 12.7 Å². The van der Waals surface area contributed by atoms with E-state index in [1.165, 1.54) is 0 Å². The molecule has 208 valence electrons. The highest BCUT2D eigenvalue weighted by Gasteiger charge is 2.67. The van der Waals surface area contributed by atoms with E-state index in [-0.39, 0.29) is 50.6 Å². The van der Waals surface area contributed by atoms with Gasteiger partial charge in [0.1, 0.15) is 6.07 Å². The Morgan fingerprint density at radius 1 is 1.11 bits per heavy atom. The minimum absolute atomic E-state index is 0.0374. The van der Waals surface area contributed by atoms with Crippen molar-refractivity contribution in [3.63, 3.8) is 0 Å². The lowest BCUT2D eigenvalue weighted by Gasteiger charge is -2.66. The molecule has 0 heterocycles. The number of hydrogen-bond donors (Lipinski definition) is 2. The maximum Gasteiger partial charge on any atom is 0.451 e. The van der Waals surface area contributed by atoms with Crippen molar-refractivity contribution in [1.29, 1.82) is 5.26 Å². The number of nitrogens with zero attached hydrogens (tertiary/aromatic N) is 1. The zero-order valence-corrected chi connectivity index (χ0v) is 24.9. The summed E-state index contributed by atoms with van der Waals surface area (Å²) in [6, 6.07) is 2.16. The van der Waals surface area contributed by atoms with Crippen molar-refractivity contribution in [2.75, 3.05) is 0 Å². The summed E-state index contributed by atoms with van der Waals surface area (Å²) in [5.41, 5.74) is -0.474. The molecule has 0 bridgehead atoms. The maximum atomic E-state index is 14.1. The summed E-state index contributed by atoms with van der Waals surface area (Å²) in [5, 5.41) is 30.0. The molecule has 6 atom stereocenters. The zero-order valence-electron chi connectivity index (χ0n) is 24.9. The third kappa shape index (κ3) is 4.19. The number of hydrogen-bond acceptors (Lipinski definition) is 5. The fraction of sp³-hybridized carbons (Fsp3) is 0.781. The van der Waals surface area contributed by atoms with E-state index >= 15 is 0 Å². The number of allylic oxidation sites excluding steroid dienone is 4. The van der Waals surface area contributed by atoms with E-state index in [1.54, 1.807) is 0 Å². The lowest BCUT2D eigenvalue weighted by molar-refractivity contribution is -0.146. The smallest absolute Gasteiger partial charge is 0.427 e. The van der Waals surface area contributed by atoms with Crippen LogP contribution < -0.4 is 0 Å². The van der Waals surface area contributed by atoms with E-state index in [1.807, 2.05) is 26.0 Å². The normalized spacial score (nSPS) is 40.2. The van der Waals surface area contributed by atoms with Gasteiger partial charge in [0.25, 0.3) is 0 Å². The SMILES string of the molecule is CCC(C)(C)CC[C@]1(CB(O)O)CC[C@]2(C)[C@@H](C1)C(=O)C=C1[C@@]3(C)C=C(C#N)C(=O)C(C)(C)[C@@H]3CC[C@]12C. The lowest BCUT2D eigenvalue weighted by Crippen LogP contribution is -2.61. The quantitative estimate of drug-likeness (QED) is 0.391. The van der Waals surface area contributed by atoms with Crippen molar-refractivity contribution in [3.05, 3.63) is 23.3 Å². The molecule has 0 unspecified atom stereocenters. The van der Waals surface area contributed by atoms with Crippen molar-refractivity contribution in [1.82, 2.24) is 0 Å². The Balaban J connectivity index is 1.79. The maximum absolute atomic E-state index is 14.1. The van der Waals surface area contributed by atoms with E-state index in [2.05, 4.69) is 47.6 Å². The van der Waals surface area contributed by atoms with Gasteiger partial charge in [-0.15, -0.1) is 0 Å². The minimum Gasteiger partial charge on any atom is -0.427 e. The van der Waals surface area contributed by atoms with Gasteiger partial charge >= 0.3 is 7.12 Å². The second kappa shape index (κ2) is 9.17. The molecule has 38 heavy (non-hydrogen) atoms. The number of Topliss-reactive ketones (excluding diaryl/α,β-unsaturated/α-hetero) is 1. The highest BCUT2D eigenvalue weighted by atomic mass is 16.4. The van der Waals surface area contributed by atoms with Gasteiger partial charge in [0.05, 0.1) is 5.57 Å². The molecule has 4 aliphatic rings. The lowest BCUT2D eigenvalue weighted by atomic mass is 9.36. The second-order valence-corrected chi connectivity index (χ2v) is 15.3. The fourth-order valence-electron chi connectivity index (χ4n) is 9.26. The number of fused-ring (bicyclic) bond motifs is 5. The van der Waals surface area contributed by atoms with Crippen LogP contribution in [0, 0.1) is 55.7 Å². The molecule has 0 saturated heterocycles. The van der Waals surface area contributed by atoms with Crippen molar-refractivity contribution in [2.45, 2.75) is 113 Å². The van der Waals surface area contributed by atoms with Crippen LogP contribution >= 0.6 is 0 Å². The van der Waals surface area contributed by atoms with E-state index in [4.69, 9.17) is 0 Å². The van der Waals surface area contributed by atoms with Crippen LogP contribution in [0.15, 0.2) is 23.3 Å². The van der Waals surface area contributed by atoms with Gasteiger partial charge in [0, 0.05) is 16.7 Å². The van der Waals surface area contributed by atoms with E-state index in [9.17, 15) is 24.9 Å². The summed E-state index contributed by atoms with van der Waals surface area (Å²) in [7, 11) is -1.38. The standard InChI is InChI=1S/C32H48BNO4/c1-9-27(2,3)12-14-32(20-33(37)38)15-13-30(7)22(18-32)23(35)16-25-29(6)17-21(19-34)26(36)28(4,5)24(29)10-11-31(25,30)8/h16-17,22,24,37-38H,9-15,18,20H2,1-8H3/t22-,24-,29-,30+,31+,32-/m0/s1. The van der Waals surface area contributed by atoms with E-state index in [0.717, 1.165) is 50.5 Å². The predicted octanol–water partition coefficient (Wildman–Crippen LogP) is 6.46. The highest BCUT2D eigenvalue weighted by molar-refractivity contribution is 6.41. The average molecular weight is 522 g/mol. The van der Waals surface area contributed by atoms with Crippen LogP contribution in [0.4, 0.5) is 0 Å². The summed E-state index contributed by atoms with van der Waals surface area (Å²) < 4.78 is 0. The summed E-state index contributed by atoms with van der Waals surface area (Å²) in [4.78, 5) is 27.3. The Bertz CT molecular complexity index is 1130. The number of carbonyl (C=O) groups excluding carboxylic acids is 2. The summed E-state index contributed by atoms with van der Waals surface area (Å²) in [6.07, 6.45) is 11.2. The van der Waals surface area contributed by atoms with Crippen LogP contribution in [-0.4, -0.2) is 28.7 Å². The fourth-order valence-corrected chi connectivity index (χ4v) is 9.26. The molecule has 5 nitrogen and oxygen atoms in total. The molecule has 2 fully saturated rings. The monoisotopic (exact) mass is 521 g/mol. The van der Waals surface area contributed by atoms with Gasteiger partial charge in [0.2, 0.25) is 0 Å². The minimum atomic E-state index is -1.38. The third-order valence-electron chi connectivity index (χ3n) is 12.5. The van der Waals surface area contributed by atoms with E-state index < -0.39 is 17.9 Å². The molecule has 6 heteroatoms. The topological polar surface area (TPSA) is 98.4 Å². The number of nitriles is 1. The first-order valence-electron chi connectivity index (χ1n) is 14.7. The van der Waals surface area contributed by atoms with Crippen molar-refractivity contribution < 1.29 is 19.6 Å². The summed E-state index contributed by atoms with van der Waals surface area (Å²) >= 11 is 0. The second-order valence-electron chi connectivity index (χ2n) is 15.3. The van der Waals surface area contributed by atoms with Crippen molar-refractivity contribution in [3.8, 4) is 6.07 Å². The number of ketones is 2. The molecule has 0 aliphatic heterocycles. The Kier molecular flexibility index (Phi) is 7.06. The molecular weight excluding hydrogens is 473 g/mol. The molecule has 2 saturated carbocycles. The van der Waals surface area contributed by atoms with Crippen LogP contribution in [0.3, 0.4) is 0 Å². The van der Waals surface area contributed by atoms with Gasteiger partial charge in [-0.2, -0.15) is 5.26 Å². The largest absolute Gasteiger partial charge is 0.451 e. The number of rotatable bonds is 6.